The fourth-order valence-corrected chi connectivity index (χ4v) is 2.91. The molecule has 0 spiro atoms. The average Bonchev–Trinajstić information content (AvgIpc) is 2.66. The first-order valence-corrected chi connectivity index (χ1v) is 11.1. The average molecular weight is 409 g/mol. The zero-order chi connectivity index (χ0) is 21.9. The molecule has 0 saturated carbocycles. The molecule has 0 fully saturated rings. The van der Waals surface area contributed by atoms with Crippen molar-refractivity contribution in [2.24, 2.45) is 0 Å². The number of aromatic hydroxyl groups is 1. The molecule has 0 atom stereocenters. The maximum atomic E-state index is 11.3. The van der Waals surface area contributed by atoms with Gasteiger partial charge in [0.2, 0.25) is 0 Å². The number of aromatic carboxylic acids is 1. The van der Waals surface area contributed by atoms with Crippen LogP contribution in [0.25, 0.3) is 0 Å². The van der Waals surface area contributed by atoms with Crippen molar-refractivity contribution >= 4 is 11.9 Å². The van der Waals surface area contributed by atoms with Crippen LogP contribution >= 0.6 is 0 Å². The molecule has 0 aliphatic rings. The molecule has 0 saturated heterocycles. The number of hydrogen-bond donors (Lipinski definition) is 2. The van der Waals surface area contributed by atoms with Crippen LogP contribution in [-0.2, 0) is 9.53 Å². The van der Waals surface area contributed by atoms with Crippen LogP contribution < -0.4 is 0 Å². The van der Waals surface area contributed by atoms with Gasteiger partial charge in [0.1, 0.15) is 11.3 Å². The van der Waals surface area contributed by atoms with Gasteiger partial charge < -0.3 is 14.9 Å². The molecule has 1 aromatic carbocycles. The van der Waals surface area contributed by atoms with Crippen molar-refractivity contribution in [1.29, 1.82) is 0 Å². The van der Waals surface area contributed by atoms with Gasteiger partial charge in [-0.3, -0.25) is 4.79 Å². The first kappa shape index (κ1) is 27.0. The number of esters is 1. The molecular formula is C24H40O5. The highest BCUT2D eigenvalue weighted by molar-refractivity contribution is 5.90. The Balaban J connectivity index is 0.000000651. The van der Waals surface area contributed by atoms with E-state index in [2.05, 4.69) is 6.92 Å². The van der Waals surface area contributed by atoms with Crippen LogP contribution in [0, 0.1) is 0 Å². The smallest absolute Gasteiger partial charge is 0.339 e. The zero-order valence-corrected chi connectivity index (χ0v) is 18.5. The summed E-state index contributed by atoms with van der Waals surface area (Å²) in [6.45, 7) is 6.06. The monoisotopic (exact) mass is 408 g/mol. The fraction of sp³-hybridized carbons (Fsp3) is 0.667. The summed E-state index contributed by atoms with van der Waals surface area (Å²) in [5.41, 5.74) is -0.0671. The highest BCUT2D eigenvalue weighted by Crippen LogP contribution is 2.14. The van der Waals surface area contributed by atoms with Crippen molar-refractivity contribution in [1.82, 2.24) is 0 Å². The Hall–Kier alpha value is -2.04. The Morgan fingerprint density at radius 3 is 1.76 bits per heavy atom. The number of phenols is 1. The van der Waals surface area contributed by atoms with E-state index in [1.807, 2.05) is 13.8 Å². The van der Waals surface area contributed by atoms with Crippen LogP contribution in [0.4, 0.5) is 0 Å². The molecule has 0 bridgehead atoms. The van der Waals surface area contributed by atoms with Gasteiger partial charge in [-0.05, 0) is 32.4 Å². The van der Waals surface area contributed by atoms with Crippen LogP contribution in [0.15, 0.2) is 24.3 Å². The molecule has 166 valence electrons. The van der Waals surface area contributed by atoms with Gasteiger partial charge in [-0.1, -0.05) is 83.3 Å². The lowest BCUT2D eigenvalue weighted by Gasteiger charge is -2.07. The third-order valence-electron chi connectivity index (χ3n) is 4.49. The second kappa shape index (κ2) is 18.0. The van der Waals surface area contributed by atoms with E-state index in [0.29, 0.717) is 6.42 Å². The summed E-state index contributed by atoms with van der Waals surface area (Å²) in [5.74, 6) is -1.35. The molecule has 0 amide bonds. The minimum Gasteiger partial charge on any atom is -0.507 e. The number of ether oxygens (including phenoxy) is 1. The number of rotatable bonds is 14. The van der Waals surface area contributed by atoms with E-state index in [9.17, 15) is 9.59 Å². The molecule has 0 radical (unpaired) electrons. The third kappa shape index (κ3) is 16.6. The number of unbranched alkanes of at least 4 members (excludes halogenated alkanes) is 10. The van der Waals surface area contributed by atoms with Crippen molar-refractivity contribution in [2.75, 3.05) is 0 Å². The minimum absolute atomic E-state index is 0.0280. The van der Waals surface area contributed by atoms with Crippen molar-refractivity contribution in [3.8, 4) is 5.75 Å². The van der Waals surface area contributed by atoms with Crippen molar-refractivity contribution < 1.29 is 24.5 Å². The Bertz CT molecular complexity index is 554. The first-order chi connectivity index (χ1) is 13.9. The SMILES string of the molecule is CCCCCCCCCCCCCC(=O)OC(C)C.O=C(O)c1ccccc1O. The number of carboxylic acids is 1. The predicted octanol–water partition coefficient (Wildman–Crippen LogP) is 6.73. The van der Waals surface area contributed by atoms with Crippen molar-refractivity contribution in [3.63, 3.8) is 0 Å². The lowest BCUT2D eigenvalue weighted by atomic mass is 10.1. The molecule has 5 nitrogen and oxygen atoms in total. The van der Waals surface area contributed by atoms with Gasteiger partial charge in [0.05, 0.1) is 6.10 Å². The van der Waals surface area contributed by atoms with Crippen LogP contribution in [0.5, 0.6) is 5.75 Å². The molecule has 5 heteroatoms. The Kier molecular flexibility index (Phi) is 16.8. The Morgan fingerprint density at radius 1 is 0.862 bits per heavy atom. The van der Waals surface area contributed by atoms with Gasteiger partial charge >= 0.3 is 11.9 Å². The van der Waals surface area contributed by atoms with E-state index in [1.54, 1.807) is 12.1 Å². The van der Waals surface area contributed by atoms with E-state index in [-0.39, 0.29) is 23.4 Å². The van der Waals surface area contributed by atoms with Crippen LogP contribution in [0.3, 0.4) is 0 Å². The maximum Gasteiger partial charge on any atom is 0.339 e. The van der Waals surface area contributed by atoms with Crippen LogP contribution in [0.2, 0.25) is 0 Å². The second-order valence-electron chi connectivity index (χ2n) is 7.65. The van der Waals surface area contributed by atoms with E-state index in [1.165, 1.54) is 76.3 Å². The molecular weight excluding hydrogens is 368 g/mol. The number of carbonyl (C=O) groups is 2. The number of carboxylic acid groups (broad SMARTS) is 1. The van der Waals surface area contributed by atoms with Crippen LogP contribution in [-0.4, -0.2) is 28.3 Å². The second-order valence-corrected chi connectivity index (χ2v) is 7.65. The quantitative estimate of drug-likeness (QED) is 0.263. The predicted molar refractivity (Wildman–Crippen MR) is 117 cm³/mol. The third-order valence-corrected chi connectivity index (χ3v) is 4.49. The molecule has 0 heterocycles. The summed E-state index contributed by atoms with van der Waals surface area (Å²) in [7, 11) is 0. The summed E-state index contributed by atoms with van der Waals surface area (Å²) < 4.78 is 5.10. The zero-order valence-electron chi connectivity index (χ0n) is 18.5. The number of para-hydroxylation sites is 1. The molecule has 0 aromatic heterocycles. The van der Waals surface area contributed by atoms with E-state index >= 15 is 0 Å². The van der Waals surface area contributed by atoms with Gasteiger partial charge in [-0.25, -0.2) is 4.79 Å². The normalized spacial score (nSPS) is 10.3. The summed E-state index contributed by atoms with van der Waals surface area (Å²) in [4.78, 5) is 21.6. The maximum absolute atomic E-state index is 11.3. The van der Waals surface area contributed by atoms with Gasteiger partial charge in [0, 0.05) is 6.42 Å². The number of benzene rings is 1. The highest BCUT2D eigenvalue weighted by Gasteiger charge is 2.06. The van der Waals surface area contributed by atoms with Gasteiger partial charge in [-0.2, -0.15) is 0 Å². The summed E-state index contributed by atoms with van der Waals surface area (Å²) in [6, 6.07) is 5.81. The standard InChI is InChI=1S/C17H34O2.C7H6O3/c1-4-5-6-7-8-9-10-11-12-13-14-15-17(18)19-16(2)3;8-6-4-2-1-3-5(6)7(9)10/h16H,4-15H2,1-3H3;1-4,8H,(H,9,10). The highest BCUT2D eigenvalue weighted by atomic mass is 16.5. The lowest BCUT2D eigenvalue weighted by molar-refractivity contribution is -0.147. The molecule has 1 rings (SSSR count). The van der Waals surface area contributed by atoms with Crippen LogP contribution in [0.1, 0.15) is 108 Å². The van der Waals surface area contributed by atoms with E-state index in [0.717, 1.165) is 6.42 Å². The molecule has 2 N–H and O–H groups in total. The topological polar surface area (TPSA) is 83.8 Å². The lowest BCUT2D eigenvalue weighted by Crippen LogP contribution is -2.10. The van der Waals surface area contributed by atoms with Gasteiger partial charge in [0.25, 0.3) is 0 Å². The minimum atomic E-state index is -1.11. The molecule has 1 aromatic rings. The first-order valence-electron chi connectivity index (χ1n) is 11.1. The van der Waals surface area contributed by atoms with E-state index in [4.69, 9.17) is 14.9 Å². The van der Waals surface area contributed by atoms with Crippen molar-refractivity contribution in [3.05, 3.63) is 29.8 Å². The van der Waals surface area contributed by atoms with Gasteiger partial charge in [-0.15, -0.1) is 0 Å². The summed E-state index contributed by atoms with van der Waals surface area (Å²) in [5, 5.41) is 17.3. The molecule has 0 unspecified atom stereocenters. The van der Waals surface area contributed by atoms with E-state index < -0.39 is 5.97 Å². The summed E-state index contributed by atoms with van der Waals surface area (Å²) in [6.07, 6.45) is 15.1. The largest absolute Gasteiger partial charge is 0.507 e. The van der Waals surface area contributed by atoms with Gasteiger partial charge in [0.15, 0.2) is 0 Å². The molecule has 0 aliphatic heterocycles. The Morgan fingerprint density at radius 2 is 1.34 bits per heavy atom. The summed E-state index contributed by atoms with van der Waals surface area (Å²) >= 11 is 0. The molecule has 29 heavy (non-hydrogen) atoms. The number of carbonyl (C=O) groups excluding carboxylic acids is 1. The Labute approximate surface area is 176 Å². The molecule has 0 aliphatic carbocycles. The fourth-order valence-electron chi connectivity index (χ4n) is 2.91. The number of hydrogen-bond acceptors (Lipinski definition) is 4. The van der Waals surface area contributed by atoms with Crippen molar-refractivity contribution in [2.45, 2.75) is 104 Å².